The Kier molecular flexibility index (Phi) is 7.05. The van der Waals surface area contributed by atoms with Gasteiger partial charge in [0.1, 0.15) is 17.1 Å². The molecule has 1 unspecified atom stereocenters. The number of rotatable bonds is 8. The lowest BCUT2D eigenvalue weighted by atomic mass is 9.86. The van der Waals surface area contributed by atoms with Gasteiger partial charge in [-0.25, -0.2) is 4.79 Å². The predicted octanol–water partition coefficient (Wildman–Crippen LogP) is 5.40. The van der Waals surface area contributed by atoms with Crippen molar-refractivity contribution in [1.29, 1.82) is 0 Å². The number of thiophene rings is 1. The molecule has 0 spiro atoms. The number of esters is 1. The Balaban J connectivity index is 1.46. The third kappa shape index (κ3) is 5.00. The first kappa shape index (κ1) is 21.6. The highest BCUT2D eigenvalue weighted by atomic mass is 32.1. The summed E-state index contributed by atoms with van der Waals surface area (Å²) >= 11 is 1.83. The Morgan fingerprint density at radius 2 is 1.94 bits per heavy atom. The Morgan fingerprint density at radius 1 is 1.10 bits per heavy atom. The Bertz CT molecular complexity index is 1020. The molecule has 1 atom stereocenters. The minimum atomic E-state index is -0.376. The van der Waals surface area contributed by atoms with E-state index in [1.807, 2.05) is 35.6 Å². The van der Waals surface area contributed by atoms with Crippen LogP contribution in [0.3, 0.4) is 0 Å². The van der Waals surface area contributed by atoms with E-state index in [0.29, 0.717) is 23.1 Å². The summed E-state index contributed by atoms with van der Waals surface area (Å²) in [6, 6.07) is 18.1. The van der Waals surface area contributed by atoms with Crippen LogP contribution in [0.4, 0.5) is 0 Å². The van der Waals surface area contributed by atoms with E-state index in [-0.39, 0.29) is 5.97 Å². The molecule has 0 saturated heterocycles. The van der Waals surface area contributed by atoms with Gasteiger partial charge < -0.3 is 9.47 Å². The largest absolute Gasteiger partial charge is 0.496 e. The van der Waals surface area contributed by atoms with Gasteiger partial charge in [-0.05, 0) is 73.0 Å². The van der Waals surface area contributed by atoms with Gasteiger partial charge in [0.2, 0.25) is 0 Å². The second-order valence-electron chi connectivity index (χ2n) is 7.84. The second kappa shape index (κ2) is 10.1. The topological polar surface area (TPSA) is 38.8 Å². The molecule has 1 aliphatic rings. The average Bonchev–Trinajstić information content (AvgIpc) is 3.33. The molecule has 31 heavy (non-hydrogen) atoms. The fourth-order valence-electron chi connectivity index (χ4n) is 4.44. The molecule has 5 heteroatoms. The summed E-state index contributed by atoms with van der Waals surface area (Å²) in [6.07, 6.45) is 4.10. The first-order valence-corrected chi connectivity index (χ1v) is 11.8. The molecule has 162 valence electrons. The van der Waals surface area contributed by atoms with E-state index in [1.54, 1.807) is 19.2 Å². The number of carbonyl (C=O) groups excluding carboxylic acids is 1. The van der Waals surface area contributed by atoms with Gasteiger partial charge >= 0.3 is 5.97 Å². The van der Waals surface area contributed by atoms with Crippen molar-refractivity contribution in [3.05, 3.63) is 81.5 Å². The predicted molar refractivity (Wildman–Crippen MR) is 125 cm³/mol. The SMILES string of the molecule is CCN(CCc1cccs1)C1CCc2c(cccc2OC(=O)c2ccccc2OC)C1. The van der Waals surface area contributed by atoms with E-state index in [2.05, 4.69) is 35.4 Å². The highest BCUT2D eigenvalue weighted by Gasteiger charge is 2.26. The van der Waals surface area contributed by atoms with Crippen LogP contribution in [-0.4, -0.2) is 37.1 Å². The normalized spacial score (nSPS) is 15.5. The summed E-state index contributed by atoms with van der Waals surface area (Å²) in [5, 5.41) is 2.15. The van der Waals surface area contributed by atoms with Crippen molar-refractivity contribution in [3.63, 3.8) is 0 Å². The molecule has 0 radical (unpaired) electrons. The fourth-order valence-corrected chi connectivity index (χ4v) is 5.13. The number of fused-ring (bicyclic) bond motifs is 1. The molecule has 4 rings (SSSR count). The Morgan fingerprint density at radius 3 is 2.71 bits per heavy atom. The second-order valence-corrected chi connectivity index (χ2v) is 8.87. The number of methoxy groups -OCH3 is 1. The van der Waals surface area contributed by atoms with E-state index in [9.17, 15) is 4.79 Å². The number of nitrogens with zero attached hydrogens (tertiary/aromatic N) is 1. The average molecular weight is 436 g/mol. The van der Waals surface area contributed by atoms with Crippen LogP contribution < -0.4 is 9.47 Å². The van der Waals surface area contributed by atoms with Crippen LogP contribution >= 0.6 is 11.3 Å². The molecule has 1 aliphatic carbocycles. The summed E-state index contributed by atoms with van der Waals surface area (Å²) in [6.45, 7) is 4.38. The quantitative estimate of drug-likeness (QED) is 0.351. The molecule has 3 aromatic rings. The van der Waals surface area contributed by atoms with Crippen LogP contribution in [0.15, 0.2) is 60.0 Å². The van der Waals surface area contributed by atoms with E-state index >= 15 is 0 Å². The fraction of sp³-hybridized carbons (Fsp3) is 0.346. The summed E-state index contributed by atoms with van der Waals surface area (Å²) in [5.41, 5.74) is 2.90. The first-order chi connectivity index (χ1) is 15.2. The van der Waals surface area contributed by atoms with Gasteiger partial charge in [0.25, 0.3) is 0 Å². The minimum absolute atomic E-state index is 0.376. The lowest BCUT2D eigenvalue weighted by Crippen LogP contribution is -2.40. The van der Waals surface area contributed by atoms with Crippen molar-refractivity contribution >= 4 is 17.3 Å². The molecule has 0 bridgehead atoms. The van der Waals surface area contributed by atoms with Gasteiger partial charge in [-0.15, -0.1) is 11.3 Å². The number of likely N-dealkylation sites (N-methyl/N-ethyl adjacent to an activating group) is 1. The van der Waals surface area contributed by atoms with Crippen LogP contribution in [0.2, 0.25) is 0 Å². The zero-order valence-corrected chi connectivity index (χ0v) is 19.0. The van der Waals surface area contributed by atoms with Crippen LogP contribution in [0.25, 0.3) is 0 Å². The van der Waals surface area contributed by atoms with Crippen molar-refractivity contribution in [3.8, 4) is 11.5 Å². The van der Waals surface area contributed by atoms with Crippen LogP contribution in [0, 0.1) is 0 Å². The van der Waals surface area contributed by atoms with Crippen LogP contribution in [0.1, 0.15) is 39.7 Å². The van der Waals surface area contributed by atoms with Crippen molar-refractivity contribution in [2.45, 2.75) is 38.6 Å². The third-order valence-electron chi connectivity index (χ3n) is 6.09. The number of carbonyl (C=O) groups is 1. The number of hydrogen-bond donors (Lipinski definition) is 0. The summed E-state index contributed by atoms with van der Waals surface area (Å²) in [7, 11) is 1.56. The van der Waals surface area contributed by atoms with E-state index < -0.39 is 0 Å². The maximum Gasteiger partial charge on any atom is 0.347 e. The highest BCUT2D eigenvalue weighted by molar-refractivity contribution is 7.09. The standard InChI is InChI=1S/C26H29NO3S/c1-3-27(16-15-21-9-7-17-31-21)20-13-14-22-19(18-20)8-6-12-25(22)30-26(28)23-10-4-5-11-24(23)29-2/h4-12,17,20H,3,13-16,18H2,1-2H3. The van der Waals surface area contributed by atoms with Gasteiger partial charge in [-0.2, -0.15) is 0 Å². The summed E-state index contributed by atoms with van der Waals surface area (Å²) in [4.78, 5) is 16.8. The van der Waals surface area contributed by atoms with Gasteiger partial charge in [-0.3, -0.25) is 4.90 Å². The Labute approximate surface area is 188 Å². The molecule has 1 heterocycles. The van der Waals surface area contributed by atoms with Crippen LogP contribution in [-0.2, 0) is 19.3 Å². The third-order valence-corrected chi connectivity index (χ3v) is 7.03. The molecule has 0 saturated carbocycles. The number of ether oxygens (including phenoxy) is 2. The van der Waals surface area contributed by atoms with Crippen molar-refractivity contribution in [2.75, 3.05) is 20.2 Å². The lowest BCUT2D eigenvalue weighted by Gasteiger charge is -2.35. The number of hydrogen-bond acceptors (Lipinski definition) is 5. The van der Waals surface area contributed by atoms with Crippen molar-refractivity contribution < 1.29 is 14.3 Å². The first-order valence-electron chi connectivity index (χ1n) is 10.9. The summed E-state index contributed by atoms with van der Waals surface area (Å²) < 4.78 is 11.1. The van der Waals surface area contributed by atoms with Crippen LogP contribution in [0.5, 0.6) is 11.5 Å². The van der Waals surface area contributed by atoms with Gasteiger partial charge in [0.15, 0.2) is 0 Å². The maximum atomic E-state index is 12.8. The molecule has 0 fully saturated rings. The van der Waals surface area contributed by atoms with Gasteiger partial charge in [0, 0.05) is 17.5 Å². The lowest BCUT2D eigenvalue weighted by molar-refractivity contribution is 0.0728. The monoisotopic (exact) mass is 435 g/mol. The minimum Gasteiger partial charge on any atom is -0.496 e. The zero-order chi connectivity index (χ0) is 21.6. The van der Waals surface area contributed by atoms with Gasteiger partial charge in [-0.1, -0.05) is 37.3 Å². The molecular formula is C26H29NO3S. The van der Waals surface area contributed by atoms with Crippen molar-refractivity contribution in [1.82, 2.24) is 4.90 Å². The number of para-hydroxylation sites is 1. The maximum absolute atomic E-state index is 12.8. The molecule has 0 aliphatic heterocycles. The molecule has 4 nitrogen and oxygen atoms in total. The number of benzene rings is 2. The Hall–Kier alpha value is -2.63. The van der Waals surface area contributed by atoms with E-state index in [1.165, 1.54) is 10.4 Å². The van der Waals surface area contributed by atoms with Gasteiger partial charge in [0.05, 0.1) is 7.11 Å². The molecule has 0 N–H and O–H groups in total. The van der Waals surface area contributed by atoms with E-state index in [4.69, 9.17) is 9.47 Å². The van der Waals surface area contributed by atoms with Crippen molar-refractivity contribution in [2.24, 2.45) is 0 Å². The molecular weight excluding hydrogens is 406 g/mol. The molecule has 1 aromatic heterocycles. The highest BCUT2D eigenvalue weighted by Crippen LogP contribution is 2.32. The molecule has 0 amide bonds. The van der Waals surface area contributed by atoms with E-state index in [0.717, 1.165) is 44.3 Å². The molecule has 2 aromatic carbocycles. The zero-order valence-electron chi connectivity index (χ0n) is 18.2. The summed E-state index contributed by atoms with van der Waals surface area (Å²) in [5.74, 6) is 0.828. The smallest absolute Gasteiger partial charge is 0.347 e.